The largest absolute Gasteiger partial charge is 0.481 e. The summed E-state index contributed by atoms with van der Waals surface area (Å²) in [5.74, 6) is -1.49. The van der Waals surface area contributed by atoms with Crippen LogP contribution in [0.2, 0.25) is 0 Å². The molecule has 0 aliphatic heterocycles. The molecule has 114 valence electrons. The van der Waals surface area contributed by atoms with Crippen molar-refractivity contribution in [2.24, 2.45) is 5.41 Å². The number of carbonyl (C=O) groups is 3. The minimum absolute atomic E-state index is 0.0497. The lowest BCUT2D eigenvalue weighted by atomic mass is 9.85. The van der Waals surface area contributed by atoms with Crippen LogP contribution in [0.5, 0.6) is 0 Å². The van der Waals surface area contributed by atoms with E-state index >= 15 is 0 Å². The molecule has 0 atom stereocenters. The highest BCUT2D eigenvalue weighted by molar-refractivity contribution is 6.02. The molecule has 0 saturated heterocycles. The second-order valence-corrected chi connectivity index (χ2v) is 5.54. The quantitative estimate of drug-likeness (QED) is 0.859. The summed E-state index contributed by atoms with van der Waals surface area (Å²) in [6.45, 7) is 3.33. The van der Waals surface area contributed by atoms with Gasteiger partial charge in [-0.25, -0.2) is 4.79 Å². The van der Waals surface area contributed by atoms with Gasteiger partial charge in [0.1, 0.15) is 0 Å². The first-order valence-corrected chi connectivity index (χ1v) is 6.41. The molecule has 1 rings (SSSR count). The van der Waals surface area contributed by atoms with E-state index in [-0.39, 0.29) is 12.8 Å². The van der Waals surface area contributed by atoms with Gasteiger partial charge < -0.3 is 5.11 Å². The molecule has 3 amide bonds. The van der Waals surface area contributed by atoms with Crippen LogP contribution in [0.3, 0.4) is 0 Å². The third-order valence-electron chi connectivity index (χ3n) is 2.85. The molecule has 0 aromatic carbocycles. The van der Waals surface area contributed by atoms with E-state index in [4.69, 9.17) is 5.11 Å². The van der Waals surface area contributed by atoms with Crippen molar-refractivity contribution in [2.45, 2.75) is 26.7 Å². The summed E-state index contributed by atoms with van der Waals surface area (Å²) in [4.78, 5) is 39.6. The highest BCUT2D eigenvalue weighted by atomic mass is 16.4. The van der Waals surface area contributed by atoms with E-state index in [9.17, 15) is 14.4 Å². The monoisotopic (exact) mass is 293 g/mol. The number of aliphatic carboxylic acids is 1. The number of urea groups is 1. The molecule has 0 fully saturated rings. The Morgan fingerprint density at radius 1 is 1.33 bits per heavy atom. The fourth-order valence-corrected chi connectivity index (χ4v) is 1.82. The Morgan fingerprint density at radius 2 is 2.00 bits per heavy atom. The maximum absolute atomic E-state index is 11.9. The number of carboxylic acid groups (broad SMARTS) is 1. The number of nitrogens with one attached hydrogen (secondary N) is 1. The number of carbonyl (C=O) groups excluding carboxylic acids is 2. The summed E-state index contributed by atoms with van der Waals surface area (Å²) in [5.41, 5.74) is -0.170. The number of aromatic nitrogens is 1. The van der Waals surface area contributed by atoms with Crippen molar-refractivity contribution in [3.63, 3.8) is 0 Å². The second-order valence-electron chi connectivity index (χ2n) is 5.54. The third-order valence-corrected chi connectivity index (χ3v) is 2.85. The van der Waals surface area contributed by atoms with Crippen molar-refractivity contribution >= 4 is 23.6 Å². The lowest BCUT2D eigenvalue weighted by molar-refractivity contribution is -0.139. The zero-order chi connectivity index (χ0) is 16.0. The molecular formula is C14H19N3O4. The first kappa shape index (κ1) is 16.6. The standard InChI is InChI=1S/C14H19N3O4/c1-14(2,8-12(19)20)7-11(18)16-13(21)17(3)10-5-4-6-15-9-10/h4-6,9H,7-8H2,1-3H3,(H,19,20)(H,16,18,21). The number of anilines is 1. The molecule has 1 aromatic rings. The summed E-state index contributed by atoms with van der Waals surface area (Å²) in [6, 6.07) is 2.78. The smallest absolute Gasteiger partial charge is 0.328 e. The average Bonchev–Trinajstić information content (AvgIpc) is 2.36. The Kier molecular flexibility index (Phi) is 5.40. The molecule has 21 heavy (non-hydrogen) atoms. The molecule has 0 aliphatic carbocycles. The first-order chi connectivity index (χ1) is 9.71. The zero-order valence-electron chi connectivity index (χ0n) is 12.3. The van der Waals surface area contributed by atoms with Gasteiger partial charge in [-0.3, -0.25) is 24.8 Å². The van der Waals surface area contributed by atoms with E-state index in [0.29, 0.717) is 5.69 Å². The van der Waals surface area contributed by atoms with Crippen LogP contribution in [0.25, 0.3) is 0 Å². The van der Waals surface area contributed by atoms with E-state index < -0.39 is 23.3 Å². The fraction of sp³-hybridized carbons (Fsp3) is 0.429. The number of hydrogen-bond acceptors (Lipinski definition) is 4. The Hall–Kier alpha value is -2.44. The lowest BCUT2D eigenvalue weighted by Gasteiger charge is -2.22. The maximum Gasteiger partial charge on any atom is 0.328 e. The van der Waals surface area contributed by atoms with Crippen LogP contribution in [-0.4, -0.2) is 35.0 Å². The molecule has 0 saturated carbocycles. The van der Waals surface area contributed by atoms with E-state index in [1.807, 2.05) is 0 Å². The van der Waals surface area contributed by atoms with Gasteiger partial charge in [0.2, 0.25) is 5.91 Å². The molecule has 0 bridgehead atoms. The van der Waals surface area contributed by atoms with Crippen molar-refractivity contribution < 1.29 is 19.5 Å². The van der Waals surface area contributed by atoms with Gasteiger partial charge in [-0.05, 0) is 17.5 Å². The van der Waals surface area contributed by atoms with Crippen molar-refractivity contribution in [2.75, 3.05) is 11.9 Å². The van der Waals surface area contributed by atoms with Crippen LogP contribution in [-0.2, 0) is 9.59 Å². The van der Waals surface area contributed by atoms with Crippen molar-refractivity contribution in [3.05, 3.63) is 24.5 Å². The molecule has 0 unspecified atom stereocenters. The van der Waals surface area contributed by atoms with Crippen LogP contribution < -0.4 is 10.2 Å². The predicted molar refractivity (Wildman–Crippen MR) is 76.8 cm³/mol. The number of carboxylic acids is 1. The fourth-order valence-electron chi connectivity index (χ4n) is 1.82. The minimum Gasteiger partial charge on any atom is -0.481 e. The number of nitrogens with zero attached hydrogens (tertiary/aromatic N) is 2. The Balaban J connectivity index is 2.58. The topological polar surface area (TPSA) is 99.6 Å². The van der Waals surface area contributed by atoms with Crippen molar-refractivity contribution in [1.29, 1.82) is 0 Å². The van der Waals surface area contributed by atoms with Gasteiger partial charge in [0.25, 0.3) is 0 Å². The lowest BCUT2D eigenvalue weighted by Crippen LogP contribution is -2.42. The summed E-state index contributed by atoms with van der Waals surface area (Å²) >= 11 is 0. The van der Waals surface area contributed by atoms with Crippen LogP contribution in [0, 0.1) is 5.41 Å². The van der Waals surface area contributed by atoms with Gasteiger partial charge in [0.15, 0.2) is 0 Å². The zero-order valence-corrected chi connectivity index (χ0v) is 12.3. The van der Waals surface area contributed by atoms with Crippen LogP contribution >= 0.6 is 0 Å². The van der Waals surface area contributed by atoms with Gasteiger partial charge in [0.05, 0.1) is 18.3 Å². The maximum atomic E-state index is 11.9. The molecule has 0 aliphatic rings. The number of pyridine rings is 1. The van der Waals surface area contributed by atoms with Crippen molar-refractivity contribution in [3.8, 4) is 0 Å². The number of hydrogen-bond donors (Lipinski definition) is 2. The van der Waals surface area contributed by atoms with Gasteiger partial charge in [0, 0.05) is 19.7 Å². The van der Waals surface area contributed by atoms with Crippen LogP contribution in [0.15, 0.2) is 24.5 Å². The molecule has 0 radical (unpaired) electrons. The molecule has 2 N–H and O–H groups in total. The Labute approximate surface area is 123 Å². The average molecular weight is 293 g/mol. The number of imide groups is 1. The van der Waals surface area contributed by atoms with Gasteiger partial charge in [-0.2, -0.15) is 0 Å². The van der Waals surface area contributed by atoms with Crippen LogP contribution in [0.4, 0.5) is 10.5 Å². The molecule has 7 nitrogen and oxygen atoms in total. The van der Waals surface area contributed by atoms with E-state index in [1.54, 1.807) is 32.2 Å². The minimum atomic E-state index is -0.980. The molecule has 1 aromatic heterocycles. The number of amides is 3. The SMILES string of the molecule is CN(C(=O)NC(=O)CC(C)(C)CC(=O)O)c1cccnc1. The summed E-state index contributed by atoms with van der Waals surface area (Å²) in [7, 11) is 1.52. The molecule has 1 heterocycles. The summed E-state index contributed by atoms with van der Waals surface area (Å²) in [6.07, 6.45) is 2.88. The van der Waals surface area contributed by atoms with Crippen LogP contribution in [0.1, 0.15) is 26.7 Å². The van der Waals surface area contributed by atoms with Gasteiger partial charge in [-0.1, -0.05) is 13.8 Å². The highest BCUT2D eigenvalue weighted by Crippen LogP contribution is 2.24. The van der Waals surface area contributed by atoms with Gasteiger partial charge in [-0.15, -0.1) is 0 Å². The molecule has 0 spiro atoms. The Morgan fingerprint density at radius 3 is 2.52 bits per heavy atom. The second kappa shape index (κ2) is 6.83. The molecule has 7 heteroatoms. The van der Waals surface area contributed by atoms with E-state index in [1.165, 1.54) is 18.1 Å². The molecular weight excluding hydrogens is 274 g/mol. The third kappa shape index (κ3) is 5.60. The normalized spacial score (nSPS) is 10.8. The van der Waals surface area contributed by atoms with E-state index in [0.717, 1.165) is 0 Å². The summed E-state index contributed by atoms with van der Waals surface area (Å²) < 4.78 is 0. The highest BCUT2D eigenvalue weighted by Gasteiger charge is 2.26. The van der Waals surface area contributed by atoms with Crippen molar-refractivity contribution in [1.82, 2.24) is 10.3 Å². The summed E-state index contributed by atoms with van der Waals surface area (Å²) in [5, 5.41) is 11.0. The number of rotatable bonds is 5. The van der Waals surface area contributed by atoms with Gasteiger partial charge >= 0.3 is 12.0 Å². The Bertz CT molecular complexity index is 528. The van der Waals surface area contributed by atoms with E-state index in [2.05, 4.69) is 10.3 Å². The first-order valence-electron chi connectivity index (χ1n) is 6.41. The predicted octanol–water partition coefficient (Wildman–Crippen LogP) is 1.64.